The second-order valence-corrected chi connectivity index (χ2v) is 7.35. The number of hydrogen-bond donors (Lipinski definition) is 2. The van der Waals surface area contributed by atoms with Gasteiger partial charge in [0.25, 0.3) is 0 Å². The minimum absolute atomic E-state index is 0. The predicted octanol–water partition coefficient (Wildman–Crippen LogP) is -5.26. The van der Waals surface area contributed by atoms with Gasteiger partial charge in [-0.05, 0) is 11.8 Å². The van der Waals surface area contributed by atoms with Gasteiger partial charge in [-0.15, -0.1) is 17.0 Å². The Morgan fingerprint density at radius 1 is 1.16 bits per heavy atom. The van der Waals surface area contributed by atoms with Gasteiger partial charge in [0.05, 0.1) is 0 Å². The van der Waals surface area contributed by atoms with Crippen LogP contribution in [-0.4, -0.2) is 24.0 Å². The number of aryl methyl sites for hydroxylation is 1. The van der Waals surface area contributed by atoms with Crippen molar-refractivity contribution in [3.05, 3.63) is 54.1 Å². The number of aromatic hydroxyl groups is 1. The molecule has 0 heterocycles. The molecule has 0 fully saturated rings. The van der Waals surface area contributed by atoms with E-state index in [0.29, 0.717) is 5.69 Å². The number of nitrogens with zero attached hydrogens (tertiary/aromatic N) is 2. The van der Waals surface area contributed by atoms with Gasteiger partial charge in [0.2, 0.25) is 5.91 Å². The molecule has 3 rings (SSSR count). The number of phenols is 1. The number of azo groups is 1. The molecule has 0 aliphatic rings. The first-order chi connectivity index (χ1) is 13.2. The first-order valence-corrected chi connectivity index (χ1v) is 9.41. The quantitative estimate of drug-likeness (QED) is 0.172. The summed E-state index contributed by atoms with van der Waals surface area (Å²) >= 11 is 0. The summed E-state index contributed by atoms with van der Waals surface area (Å²) in [7, 11) is -4.77. The van der Waals surface area contributed by atoms with E-state index >= 15 is 0 Å². The van der Waals surface area contributed by atoms with Crippen molar-refractivity contribution in [2.24, 2.45) is 10.2 Å². The fraction of sp³-hybridized carbons (Fsp3) is 0.105. The largest absolute Gasteiger partial charge is 1.00 e. The second-order valence-electron chi connectivity index (χ2n) is 5.97. The topological polar surface area (TPSA) is 131 Å². The summed E-state index contributed by atoms with van der Waals surface area (Å²) < 4.78 is 34.1. The minimum Gasteiger partial charge on any atom is -0.744 e. The molecule has 0 aliphatic carbocycles. The van der Waals surface area contributed by atoms with E-state index in [1.165, 1.54) is 13.0 Å². The molecule has 2 N–H and O–H groups in total. The van der Waals surface area contributed by atoms with Crippen LogP contribution in [0.1, 0.15) is 12.5 Å². The number of amides is 1. The first kappa shape index (κ1) is 30.7. The third kappa shape index (κ3) is 7.62. The number of benzene rings is 3. The number of fused-ring (bicyclic) bond motifs is 1. The van der Waals surface area contributed by atoms with E-state index in [4.69, 9.17) is 0 Å². The Bertz CT molecular complexity index is 1230. The molecule has 0 atom stereocenters. The maximum atomic E-state index is 11.5. The van der Waals surface area contributed by atoms with Crippen LogP contribution in [0.15, 0.2) is 51.5 Å². The van der Waals surface area contributed by atoms with Crippen LogP contribution in [0, 0.1) is 19.1 Å². The summed E-state index contributed by atoms with van der Waals surface area (Å²) in [4.78, 5) is 10.9. The molecule has 1 amide bonds. The van der Waals surface area contributed by atoms with Gasteiger partial charge in [-0.2, -0.15) is 35.4 Å². The predicted molar refractivity (Wildman–Crippen MR) is 101 cm³/mol. The van der Waals surface area contributed by atoms with Crippen LogP contribution in [0.3, 0.4) is 0 Å². The number of rotatable bonds is 4. The summed E-state index contributed by atoms with van der Waals surface area (Å²) in [6.45, 7) is 3.05. The molecule has 144 valence electrons. The molecule has 3 aromatic rings. The van der Waals surface area contributed by atoms with E-state index in [0.717, 1.165) is 17.7 Å². The van der Waals surface area contributed by atoms with Crippen LogP contribution in [0.25, 0.3) is 10.8 Å². The Morgan fingerprint density at radius 2 is 1.84 bits per heavy atom. The molecule has 0 aromatic heterocycles. The molecule has 0 saturated heterocycles. The Hall–Kier alpha value is -0.300. The number of carbonyl (C=O) groups excluding carboxylic acids is 1. The van der Waals surface area contributed by atoms with Crippen LogP contribution in [0.5, 0.6) is 5.75 Å². The molecule has 0 saturated carbocycles. The summed E-state index contributed by atoms with van der Waals surface area (Å²) in [5, 5.41) is 21.4. The van der Waals surface area contributed by atoms with Crippen LogP contribution >= 0.6 is 0 Å². The number of phenolic OH excluding ortho intramolecular Hbond substituents is 1. The van der Waals surface area contributed by atoms with E-state index in [1.54, 1.807) is 18.2 Å². The van der Waals surface area contributed by atoms with Crippen LogP contribution in [0.4, 0.5) is 17.1 Å². The van der Waals surface area contributed by atoms with Gasteiger partial charge < -0.3 is 15.0 Å². The summed E-state index contributed by atoms with van der Waals surface area (Å²) in [5.74, 6) is -0.870. The van der Waals surface area contributed by atoms with Crippen molar-refractivity contribution in [3.8, 4) is 5.75 Å². The Balaban J connectivity index is 0.00000300. The molecule has 0 spiro atoms. The second kappa shape index (κ2) is 12.8. The minimum atomic E-state index is -4.77. The molecule has 0 radical (unpaired) electrons. The van der Waals surface area contributed by atoms with Gasteiger partial charge in [0.15, 0.2) is 0 Å². The van der Waals surface area contributed by atoms with Gasteiger partial charge in [0.1, 0.15) is 10.1 Å². The zero-order valence-corrected chi connectivity index (χ0v) is 24.7. The van der Waals surface area contributed by atoms with Crippen LogP contribution < -0.4 is 94.0 Å². The summed E-state index contributed by atoms with van der Waals surface area (Å²) in [5.41, 5.74) is 1.35. The number of nitrogens with one attached hydrogen (secondary N) is 1. The molecular formula is C19H14N3Na3O5S. The summed E-state index contributed by atoms with van der Waals surface area (Å²) in [6, 6.07) is 14.2. The van der Waals surface area contributed by atoms with E-state index in [9.17, 15) is 22.9 Å². The molecule has 3 aromatic carbocycles. The van der Waals surface area contributed by atoms with Crippen LogP contribution in [-0.2, 0) is 14.9 Å². The zero-order chi connectivity index (χ0) is 20.5. The molecular weight excluding hydrogens is 451 g/mol. The van der Waals surface area contributed by atoms with Crippen molar-refractivity contribution >= 4 is 43.9 Å². The smallest absolute Gasteiger partial charge is 0.744 e. The normalized spacial score (nSPS) is 10.7. The van der Waals surface area contributed by atoms with Crippen molar-refractivity contribution in [3.63, 3.8) is 0 Å². The Kier molecular flexibility index (Phi) is 12.7. The van der Waals surface area contributed by atoms with E-state index < -0.39 is 20.9 Å². The third-order valence-electron chi connectivity index (χ3n) is 3.88. The summed E-state index contributed by atoms with van der Waals surface area (Å²) in [6.07, 6.45) is 0. The first-order valence-electron chi connectivity index (χ1n) is 8.00. The molecule has 0 bridgehead atoms. The standard InChI is InChI=1S/C19H15N3O5S.3Na/c1-11-5-3-4-6-15(11)21-22-16-8-7-13-9-14(28(25,26)27)10-17(20-12(2)23)18(13)19(16)24;;;/h3,5-7,9-10,24H,1-2H3,(H,20,23)(H,25,26,27);;;/q-2;3*+1/p-1. The molecule has 12 heteroatoms. The van der Waals surface area contributed by atoms with Gasteiger partial charge in [-0.3, -0.25) is 4.79 Å². The van der Waals surface area contributed by atoms with Crippen molar-refractivity contribution in [1.82, 2.24) is 0 Å². The van der Waals surface area contributed by atoms with Crippen molar-refractivity contribution in [2.45, 2.75) is 18.7 Å². The fourth-order valence-electron chi connectivity index (χ4n) is 2.57. The molecule has 0 aliphatic heterocycles. The van der Waals surface area contributed by atoms with E-state index in [1.807, 2.05) is 6.92 Å². The third-order valence-corrected chi connectivity index (χ3v) is 4.69. The maximum Gasteiger partial charge on any atom is 1.00 e. The number of anilines is 1. The zero-order valence-electron chi connectivity index (χ0n) is 17.8. The maximum absolute atomic E-state index is 11.5. The number of carbonyl (C=O) groups is 1. The van der Waals surface area contributed by atoms with Gasteiger partial charge in [-0.1, -0.05) is 18.4 Å². The number of hydrogen-bond acceptors (Lipinski definition) is 7. The van der Waals surface area contributed by atoms with Gasteiger partial charge in [-0.25, -0.2) is 13.5 Å². The van der Waals surface area contributed by atoms with Crippen molar-refractivity contribution in [2.75, 3.05) is 5.32 Å². The molecule has 8 nitrogen and oxygen atoms in total. The molecule has 0 unspecified atom stereocenters. The van der Waals surface area contributed by atoms with Gasteiger partial charge in [0, 0.05) is 28.9 Å². The van der Waals surface area contributed by atoms with E-state index in [2.05, 4.69) is 27.7 Å². The van der Waals surface area contributed by atoms with E-state index in [-0.39, 0.29) is 117 Å². The van der Waals surface area contributed by atoms with Crippen LogP contribution in [0.2, 0.25) is 0 Å². The Morgan fingerprint density at radius 3 is 2.42 bits per heavy atom. The monoisotopic (exact) mass is 465 g/mol. The SMILES string of the molecule is CC(=O)Nc1cc(S(=O)(=O)[O-])cc2c[c-]c(N=Nc3c[c-]ccc3C)c(O)c12.[Na+].[Na+].[Na+]. The Labute approximate surface area is 246 Å². The van der Waals surface area contributed by atoms with Gasteiger partial charge >= 0.3 is 88.7 Å². The molecule has 31 heavy (non-hydrogen) atoms. The van der Waals surface area contributed by atoms with Crippen molar-refractivity contribution in [1.29, 1.82) is 0 Å². The average molecular weight is 465 g/mol. The fourth-order valence-corrected chi connectivity index (χ4v) is 3.10. The average Bonchev–Trinajstić information content (AvgIpc) is 2.61. The van der Waals surface area contributed by atoms with Crippen molar-refractivity contribution < 1.29 is 112 Å².